The third kappa shape index (κ3) is 3.84. The Bertz CT molecular complexity index is 1170. The molecule has 0 spiro atoms. The van der Waals surface area contributed by atoms with Gasteiger partial charge in [0, 0.05) is 27.6 Å². The van der Waals surface area contributed by atoms with E-state index in [0.29, 0.717) is 22.5 Å². The number of hydrogen-bond acceptors (Lipinski definition) is 5. The number of carbonyl (C=O) groups excluding carboxylic acids is 2. The number of Topliss-reactive ketones (excluding diaryl/α,β-unsaturated/α-hetero) is 1. The van der Waals surface area contributed by atoms with Crippen LogP contribution in [0.5, 0.6) is 0 Å². The molecule has 0 aliphatic rings. The maximum absolute atomic E-state index is 12.8. The highest BCUT2D eigenvalue weighted by atomic mass is 79.9. The second-order valence-corrected chi connectivity index (χ2v) is 8.17. The van der Waals surface area contributed by atoms with E-state index >= 15 is 0 Å². The smallest absolute Gasteiger partial charge is 0.298 e. The summed E-state index contributed by atoms with van der Waals surface area (Å²) in [4.78, 5) is 25.2. The minimum absolute atomic E-state index is 0.283. The molecule has 140 valence electrons. The Morgan fingerprint density at radius 3 is 2.68 bits per heavy atom. The second kappa shape index (κ2) is 7.83. The molecule has 0 aliphatic carbocycles. The number of carbonyl (C=O) groups is 2. The molecule has 28 heavy (non-hydrogen) atoms. The molecule has 0 aliphatic heterocycles. The zero-order chi connectivity index (χ0) is 19.7. The topological polar surface area (TPSA) is 76.9 Å². The highest BCUT2D eigenvalue weighted by Gasteiger charge is 2.22. The Hall–Kier alpha value is -2.55. The predicted octanol–water partition coefficient (Wildman–Crippen LogP) is 4.78. The molecule has 1 amide bonds. The number of hydrogen-bond donors (Lipinski definition) is 1. The van der Waals surface area contributed by atoms with E-state index in [1.165, 1.54) is 5.51 Å². The fourth-order valence-electron chi connectivity index (χ4n) is 2.87. The maximum atomic E-state index is 12.8. The zero-order valence-corrected chi connectivity index (χ0v) is 17.4. The fraction of sp³-hybridized carbons (Fsp3) is 0.0526. The van der Waals surface area contributed by atoms with Crippen LogP contribution in [0, 0.1) is 0 Å². The van der Waals surface area contributed by atoms with Crippen LogP contribution in [0.3, 0.4) is 0 Å². The summed E-state index contributed by atoms with van der Waals surface area (Å²) in [6, 6.07) is 13.1. The first-order valence-corrected chi connectivity index (χ1v) is 10.2. The fourth-order valence-corrected chi connectivity index (χ4v) is 3.78. The lowest BCUT2D eigenvalue weighted by molar-refractivity contribution is -0.112. The summed E-state index contributed by atoms with van der Waals surface area (Å²) in [7, 11) is 0. The monoisotopic (exact) mass is 474 g/mol. The molecule has 0 bridgehead atoms. The Morgan fingerprint density at radius 2 is 1.96 bits per heavy atom. The van der Waals surface area contributed by atoms with Crippen LogP contribution in [-0.4, -0.2) is 26.5 Å². The van der Waals surface area contributed by atoms with Gasteiger partial charge in [0.25, 0.3) is 11.7 Å². The van der Waals surface area contributed by atoms with Crippen LogP contribution >= 0.6 is 38.9 Å². The first-order valence-electron chi connectivity index (χ1n) is 8.16. The molecule has 2 heterocycles. The molecule has 4 rings (SSSR count). The first kappa shape index (κ1) is 18.8. The van der Waals surface area contributed by atoms with Crippen molar-refractivity contribution >= 4 is 66.6 Å². The quantitative estimate of drug-likeness (QED) is 0.333. The average molecular weight is 476 g/mol. The molecule has 0 fully saturated rings. The maximum Gasteiger partial charge on any atom is 0.298 e. The Morgan fingerprint density at radius 1 is 1.18 bits per heavy atom. The number of benzene rings is 2. The van der Waals surface area contributed by atoms with Gasteiger partial charge in [-0.15, -0.1) is 10.2 Å². The van der Waals surface area contributed by atoms with Crippen LogP contribution in [0.1, 0.15) is 15.9 Å². The van der Waals surface area contributed by atoms with Crippen molar-refractivity contribution in [1.29, 1.82) is 0 Å². The van der Waals surface area contributed by atoms with Gasteiger partial charge in [-0.05, 0) is 29.8 Å². The minimum atomic E-state index is -0.745. The Labute approximate surface area is 177 Å². The molecule has 6 nitrogen and oxygen atoms in total. The van der Waals surface area contributed by atoms with Crippen molar-refractivity contribution < 1.29 is 9.59 Å². The average Bonchev–Trinajstić information content (AvgIpc) is 3.31. The molecule has 0 saturated carbocycles. The molecule has 4 aromatic rings. The molecular weight excluding hydrogens is 464 g/mol. The predicted molar refractivity (Wildman–Crippen MR) is 113 cm³/mol. The number of anilines is 1. The van der Waals surface area contributed by atoms with Crippen molar-refractivity contribution in [3.05, 3.63) is 74.8 Å². The number of nitrogens with zero attached hydrogens (tertiary/aromatic N) is 3. The van der Waals surface area contributed by atoms with Crippen molar-refractivity contribution in [2.24, 2.45) is 0 Å². The van der Waals surface area contributed by atoms with E-state index in [9.17, 15) is 9.59 Å². The van der Waals surface area contributed by atoms with E-state index < -0.39 is 11.7 Å². The molecule has 1 N–H and O–H groups in total. The van der Waals surface area contributed by atoms with E-state index in [0.717, 1.165) is 26.9 Å². The van der Waals surface area contributed by atoms with E-state index in [1.807, 2.05) is 47.0 Å². The Balaban J connectivity index is 1.71. The van der Waals surface area contributed by atoms with Gasteiger partial charge in [0.2, 0.25) is 5.13 Å². The molecule has 2 aromatic heterocycles. The number of rotatable bonds is 5. The zero-order valence-electron chi connectivity index (χ0n) is 14.2. The summed E-state index contributed by atoms with van der Waals surface area (Å²) in [5, 5.41) is 11.5. The van der Waals surface area contributed by atoms with Crippen LogP contribution in [0.25, 0.3) is 10.9 Å². The lowest BCUT2D eigenvalue weighted by atomic mass is 10.1. The van der Waals surface area contributed by atoms with Crippen LogP contribution < -0.4 is 5.32 Å². The van der Waals surface area contributed by atoms with Crippen LogP contribution in [0.15, 0.2) is 58.6 Å². The molecule has 9 heteroatoms. The lowest BCUT2D eigenvalue weighted by Gasteiger charge is -2.06. The van der Waals surface area contributed by atoms with Crippen molar-refractivity contribution in [3.8, 4) is 0 Å². The van der Waals surface area contributed by atoms with Gasteiger partial charge in [0.05, 0.1) is 11.1 Å². The van der Waals surface area contributed by atoms with Crippen molar-refractivity contribution in [1.82, 2.24) is 14.8 Å². The van der Waals surface area contributed by atoms with Gasteiger partial charge in [-0.25, -0.2) is 0 Å². The van der Waals surface area contributed by atoms with Crippen molar-refractivity contribution in [3.63, 3.8) is 0 Å². The largest absolute Gasteiger partial charge is 0.342 e. The number of ketones is 1. The molecule has 0 unspecified atom stereocenters. The molecule has 0 saturated heterocycles. The van der Waals surface area contributed by atoms with E-state index in [1.54, 1.807) is 6.20 Å². The van der Waals surface area contributed by atoms with Crippen molar-refractivity contribution in [2.45, 2.75) is 6.54 Å². The summed E-state index contributed by atoms with van der Waals surface area (Å²) >= 11 is 10.6. The van der Waals surface area contributed by atoms with E-state index in [-0.39, 0.29) is 5.13 Å². The first-order chi connectivity index (χ1) is 13.5. The summed E-state index contributed by atoms with van der Waals surface area (Å²) in [6.07, 6.45) is 1.70. The van der Waals surface area contributed by atoms with E-state index in [2.05, 4.69) is 31.4 Å². The third-order valence-electron chi connectivity index (χ3n) is 4.14. The standard InChI is InChI=1S/C19H12BrClN4O2S/c20-12-3-6-14-15(17(26)18(27)23-19-24-22-10-28-19)9-25(16(14)7-12)8-11-1-4-13(21)5-2-11/h1-7,9-10H,8H2,(H,23,24,27). The number of aromatic nitrogens is 3. The number of nitrogens with one attached hydrogen (secondary N) is 1. The number of fused-ring (bicyclic) bond motifs is 1. The molecule has 0 atom stereocenters. The van der Waals surface area contributed by atoms with Gasteiger partial charge >= 0.3 is 0 Å². The minimum Gasteiger partial charge on any atom is -0.342 e. The van der Waals surface area contributed by atoms with Gasteiger partial charge in [-0.2, -0.15) is 0 Å². The van der Waals surface area contributed by atoms with Gasteiger partial charge in [0.15, 0.2) is 0 Å². The highest BCUT2D eigenvalue weighted by molar-refractivity contribution is 9.10. The molecular formula is C19H12BrClN4O2S. The number of amides is 1. The second-order valence-electron chi connectivity index (χ2n) is 5.99. The third-order valence-corrected chi connectivity index (χ3v) is 5.49. The Kier molecular flexibility index (Phi) is 5.25. The van der Waals surface area contributed by atoms with Gasteiger partial charge in [-0.3, -0.25) is 14.9 Å². The van der Waals surface area contributed by atoms with Crippen LogP contribution in [-0.2, 0) is 11.3 Å². The lowest BCUT2D eigenvalue weighted by Crippen LogP contribution is -2.22. The van der Waals surface area contributed by atoms with E-state index in [4.69, 9.17) is 11.6 Å². The van der Waals surface area contributed by atoms with Crippen molar-refractivity contribution in [2.75, 3.05) is 5.32 Å². The normalized spacial score (nSPS) is 10.9. The SMILES string of the molecule is O=C(Nc1nncs1)C(=O)c1cn(Cc2ccc(Cl)cc2)c2cc(Br)ccc12. The highest BCUT2D eigenvalue weighted by Crippen LogP contribution is 2.27. The number of halogens is 2. The van der Waals surface area contributed by atoms with Gasteiger partial charge in [-0.1, -0.05) is 57.1 Å². The summed E-state index contributed by atoms with van der Waals surface area (Å²) in [5.74, 6) is -1.37. The van der Waals surface area contributed by atoms with Crippen LogP contribution in [0.2, 0.25) is 5.02 Å². The molecule has 0 radical (unpaired) electrons. The summed E-state index contributed by atoms with van der Waals surface area (Å²) in [6.45, 7) is 0.537. The van der Waals surface area contributed by atoms with Gasteiger partial charge in [0.1, 0.15) is 5.51 Å². The summed E-state index contributed by atoms with van der Waals surface area (Å²) in [5.41, 5.74) is 3.68. The summed E-state index contributed by atoms with van der Waals surface area (Å²) < 4.78 is 2.82. The van der Waals surface area contributed by atoms with Gasteiger partial charge < -0.3 is 4.57 Å². The van der Waals surface area contributed by atoms with Crippen LogP contribution in [0.4, 0.5) is 5.13 Å². The molecule has 2 aromatic carbocycles.